The van der Waals surface area contributed by atoms with Gasteiger partial charge in [0.25, 0.3) is 0 Å². The van der Waals surface area contributed by atoms with Crippen molar-refractivity contribution >= 4 is 11.5 Å². The van der Waals surface area contributed by atoms with Gasteiger partial charge in [0.15, 0.2) is 0 Å². The van der Waals surface area contributed by atoms with Crippen LogP contribution < -0.4 is 0 Å². The number of piperidine rings is 1. The van der Waals surface area contributed by atoms with Crippen LogP contribution in [-0.4, -0.2) is 56.4 Å². The van der Waals surface area contributed by atoms with Crippen molar-refractivity contribution in [1.82, 2.24) is 24.2 Å². The second-order valence-corrected chi connectivity index (χ2v) is 6.07. The van der Waals surface area contributed by atoms with Crippen molar-refractivity contribution in [2.45, 2.75) is 31.2 Å². The first-order valence-electron chi connectivity index (χ1n) is 7.52. The van der Waals surface area contributed by atoms with E-state index in [1.807, 2.05) is 40.0 Å². The van der Waals surface area contributed by atoms with Crippen molar-refractivity contribution in [3.05, 3.63) is 30.6 Å². The number of rotatable bonds is 1. The van der Waals surface area contributed by atoms with Crippen LogP contribution in [0.25, 0.3) is 5.52 Å². The Morgan fingerprint density at radius 2 is 2.19 bits per heavy atom. The Morgan fingerprint density at radius 3 is 3.10 bits per heavy atom. The highest BCUT2D eigenvalue weighted by Gasteiger charge is 2.37. The van der Waals surface area contributed by atoms with Gasteiger partial charge in [0.1, 0.15) is 0 Å². The predicted molar refractivity (Wildman–Crippen MR) is 78.1 cm³/mol. The first-order chi connectivity index (χ1) is 10.2. The number of hydrogen-bond acceptors (Lipinski definition) is 3. The Morgan fingerprint density at radius 1 is 1.29 bits per heavy atom. The lowest BCUT2D eigenvalue weighted by Gasteiger charge is -2.45. The number of carbonyl (C=O) groups excluding carboxylic acids is 1. The summed E-state index contributed by atoms with van der Waals surface area (Å²) in [7, 11) is 1.89. The molecule has 6 nitrogen and oxygen atoms in total. The lowest BCUT2D eigenvalue weighted by atomic mass is 9.88. The molecule has 2 aromatic heterocycles. The maximum atomic E-state index is 12.4. The van der Waals surface area contributed by atoms with Crippen LogP contribution >= 0.6 is 0 Å². The molecule has 2 aromatic rings. The lowest BCUT2D eigenvalue weighted by Crippen LogP contribution is -2.56. The van der Waals surface area contributed by atoms with Gasteiger partial charge in [0.2, 0.25) is 0 Å². The molecule has 6 heteroatoms. The van der Waals surface area contributed by atoms with E-state index in [4.69, 9.17) is 0 Å². The molecule has 21 heavy (non-hydrogen) atoms. The van der Waals surface area contributed by atoms with Crippen LogP contribution in [0.2, 0.25) is 0 Å². The number of nitrogens with zero attached hydrogens (tertiary/aromatic N) is 5. The minimum atomic E-state index is 0.164. The van der Waals surface area contributed by atoms with Gasteiger partial charge in [-0.3, -0.25) is 4.98 Å². The first-order valence-corrected chi connectivity index (χ1v) is 7.52. The van der Waals surface area contributed by atoms with Gasteiger partial charge in [-0.1, -0.05) is 0 Å². The van der Waals surface area contributed by atoms with Gasteiger partial charge < -0.3 is 14.2 Å². The number of fused-ring (bicyclic) bond motifs is 2. The maximum absolute atomic E-state index is 12.4. The highest BCUT2D eigenvalue weighted by Crippen LogP contribution is 2.34. The van der Waals surface area contributed by atoms with E-state index in [-0.39, 0.29) is 6.03 Å². The summed E-state index contributed by atoms with van der Waals surface area (Å²) in [5, 5.41) is 0. The van der Waals surface area contributed by atoms with Crippen molar-refractivity contribution in [1.29, 1.82) is 0 Å². The Labute approximate surface area is 123 Å². The number of carbonyl (C=O) groups is 1. The molecule has 0 bridgehead atoms. The highest BCUT2D eigenvalue weighted by molar-refractivity contribution is 5.75. The molecule has 0 aromatic carbocycles. The molecule has 2 aliphatic heterocycles. The molecule has 2 amide bonds. The zero-order valence-electron chi connectivity index (χ0n) is 12.1. The van der Waals surface area contributed by atoms with Crippen LogP contribution in [0.15, 0.2) is 24.9 Å². The smallest absolute Gasteiger partial charge is 0.320 e. The van der Waals surface area contributed by atoms with Crippen LogP contribution in [0, 0.1) is 0 Å². The van der Waals surface area contributed by atoms with Crippen molar-refractivity contribution in [2.75, 3.05) is 20.1 Å². The summed E-state index contributed by atoms with van der Waals surface area (Å²) in [6.45, 7) is 1.65. The topological polar surface area (TPSA) is 53.7 Å². The minimum absolute atomic E-state index is 0.164. The quantitative estimate of drug-likeness (QED) is 0.802. The molecule has 4 heterocycles. The van der Waals surface area contributed by atoms with Crippen molar-refractivity contribution in [3.63, 3.8) is 0 Å². The van der Waals surface area contributed by atoms with E-state index in [0.29, 0.717) is 12.0 Å². The fourth-order valence-corrected chi connectivity index (χ4v) is 3.62. The molecule has 2 saturated heterocycles. The van der Waals surface area contributed by atoms with Crippen LogP contribution in [0.1, 0.15) is 30.9 Å². The van der Waals surface area contributed by atoms with E-state index in [9.17, 15) is 4.79 Å². The molecular weight excluding hydrogens is 266 g/mol. The average Bonchev–Trinajstić information content (AvgIpc) is 2.95. The SMILES string of the molecule is CN1CCC2CCC(c3ncn4ccncc34)CN2C1=O. The lowest BCUT2D eigenvalue weighted by molar-refractivity contribution is 0.0814. The fourth-order valence-electron chi connectivity index (χ4n) is 3.62. The summed E-state index contributed by atoms with van der Waals surface area (Å²) < 4.78 is 2.00. The van der Waals surface area contributed by atoms with Crippen molar-refractivity contribution < 1.29 is 4.79 Å². The van der Waals surface area contributed by atoms with Crippen LogP contribution in [0.3, 0.4) is 0 Å². The number of imidazole rings is 1. The zero-order valence-corrected chi connectivity index (χ0v) is 12.1. The molecule has 0 N–H and O–H groups in total. The molecule has 2 aliphatic rings. The molecule has 0 radical (unpaired) electrons. The van der Waals surface area contributed by atoms with Gasteiger partial charge in [-0.05, 0) is 19.3 Å². The largest absolute Gasteiger partial charge is 0.328 e. The van der Waals surface area contributed by atoms with E-state index in [0.717, 1.165) is 43.6 Å². The van der Waals surface area contributed by atoms with Gasteiger partial charge >= 0.3 is 6.03 Å². The molecule has 2 fully saturated rings. The third-order valence-corrected chi connectivity index (χ3v) is 4.83. The number of urea groups is 1. The Balaban J connectivity index is 1.64. The summed E-state index contributed by atoms with van der Waals surface area (Å²) in [6.07, 6.45) is 10.6. The predicted octanol–water partition coefficient (Wildman–Crippen LogP) is 1.73. The second kappa shape index (κ2) is 4.72. The van der Waals surface area contributed by atoms with Gasteiger partial charge in [-0.15, -0.1) is 0 Å². The highest BCUT2D eigenvalue weighted by atomic mass is 16.2. The van der Waals surface area contributed by atoms with E-state index >= 15 is 0 Å². The summed E-state index contributed by atoms with van der Waals surface area (Å²) >= 11 is 0. The van der Waals surface area contributed by atoms with Gasteiger partial charge in [-0.25, -0.2) is 9.78 Å². The first kappa shape index (κ1) is 12.6. The molecule has 4 rings (SSSR count). The Bertz CT molecular complexity index is 682. The molecule has 0 spiro atoms. The third-order valence-electron chi connectivity index (χ3n) is 4.83. The standard InChI is InChI=1S/C15H19N5O/c1-18-6-4-12-3-2-11(9-20(12)15(18)21)14-13-8-16-5-7-19(13)10-17-14/h5,7-8,10-12H,2-4,6,9H2,1H3. The normalized spacial score (nSPS) is 26.2. The molecule has 2 unspecified atom stereocenters. The van der Waals surface area contributed by atoms with E-state index < -0.39 is 0 Å². The Hall–Kier alpha value is -2.11. The van der Waals surface area contributed by atoms with Crippen LogP contribution in [0.4, 0.5) is 4.79 Å². The number of hydrogen-bond donors (Lipinski definition) is 0. The van der Waals surface area contributed by atoms with Gasteiger partial charge in [0.05, 0.1) is 23.7 Å². The van der Waals surface area contributed by atoms with Crippen LogP contribution in [0.5, 0.6) is 0 Å². The molecular formula is C15H19N5O. The molecule has 2 atom stereocenters. The number of amides is 2. The van der Waals surface area contributed by atoms with Crippen LogP contribution in [-0.2, 0) is 0 Å². The van der Waals surface area contributed by atoms with Gasteiger partial charge in [-0.2, -0.15) is 0 Å². The number of aromatic nitrogens is 3. The summed E-state index contributed by atoms with van der Waals surface area (Å²) in [6, 6.07) is 0.578. The van der Waals surface area contributed by atoms with Gasteiger partial charge in [0, 0.05) is 44.5 Å². The van der Waals surface area contributed by atoms with Crippen molar-refractivity contribution in [2.24, 2.45) is 0 Å². The molecule has 0 aliphatic carbocycles. The summed E-state index contributed by atoms with van der Waals surface area (Å²) in [5.74, 6) is 0.311. The molecule has 0 saturated carbocycles. The average molecular weight is 285 g/mol. The van der Waals surface area contributed by atoms with Crippen molar-refractivity contribution in [3.8, 4) is 0 Å². The second-order valence-electron chi connectivity index (χ2n) is 6.07. The van der Waals surface area contributed by atoms with E-state index in [1.54, 1.807) is 6.20 Å². The third kappa shape index (κ3) is 1.97. The Kier molecular flexibility index (Phi) is 2.83. The fraction of sp³-hybridized carbons (Fsp3) is 0.533. The zero-order chi connectivity index (χ0) is 14.4. The summed E-state index contributed by atoms with van der Waals surface area (Å²) in [4.78, 5) is 25.0. The summed E-state index contributed by atoms with van der Waals surface area (Å²) in [5.41, 5.74) is 2.13. The van der Waals surface area contributed by atoms with E-state index in [1.165, 1.54) is 0 Å². The monoisotopic (exact) mass is 285 g/mol. The maximum Gasteiger partial charge on any atom is 0.320 e. The molecule has 110 valence electrons. The van der Waals surface area contributed by atoms with E-state index in [2.05, 4.69) is 9.97 Å². The minimum Gasteiger partial charge on any atom is -0.328 e.